The van der Waals surface area contributed by atoms with Gasteiger partial charge in [0.1, 0.15) is 18.2 Å². The van der Waals surface area contributed by atoms with E-state index < -0.39 is 11.6 Å². The number of aryl methyl sites for hydroxylation is 3. The first-order chi connectivity index (χ1) is 20.6. The Balaban J connectivity index is 0.000000876. The summed E-state index contributed by atoms with van der Waals surface area (Å²) >= 11 is 0. The minimum absolute atomic E-state index is 0.0462. The highest BCUT2D eigenvalue weighted by Crippen LogP contribution is 2.39. The molecule has 8 heteroatoms. The van der Waals surface area contributed by atoms with Gasteiger partial charge in [0.25, 0.3) is 0 Å². The number of carboxylic acid groups (broad SMARTS) is 1. The van der Waals surface area contributed by atoms with Crippen molar-refractivity contribution in [2.45, 2.75) is 94.1 Å². The number of ether oxygens (including phenoxy) is 1. The summed E-state index contributed by atoms with van der Waals surface area (Å²) in [7, 11) is 0. The van der Waals surface area contributed by atoms with Crippen molar-refractivity contribution in [2.75, 3.05) is 36.5 Å². The van der Waals surface area contributed by atoms with Crippen LogP contribution >= 0.6 is 0 Å². The Labute approximate surface area is 264 Å². The highest BCUT2D eigenvalue weighted by molar-refractivity contribution is 5.84. The minimum atomic E-state index is -0.846. The van der Waals surface area contributed by atoms with Crippen LogP contribution in [0, 0.1) is 26.2 Å². The van der Waals surface area contributed by atoms with Crippen molar-refractivity contribution >= 4 is 17.5 Å². The van der Waals surface area contributed by atoms with Crippen molar-refractivity contribution in [1.29, 1.82) is 0 Å². The summed E-state index contributed by atoms with van der Waals surface area (Å²) in [6, 6.07) is 10.1. The molecule has 0 saturated carbocycles. The van der Waals surface area contributed by atoms with Gasteiger partial charge in [-0.15, -0.1) is 0 Å². The van der Waals surface area contributed by atoms with Crippen molar-refractivity contribution in [3.8, 4) is 16.9 Å². The lowest BCUT2D eigenvalue weighted by Crippen LogP contribution is -2.38. The van der Waals surface area contributed by atoms with Crippen LogP contribution in [0.4, 0.5) is 11.5 Å². The highest BCUT2D eigenvalue weighted by atomic mass is 16.5. The lowest BCUT2D eigenvalue weighted by atomic mass is 9.82. The Morgan fingerprint density at radius 2 is 1.66 bits per heavy atom. The molecule has 44 heavy (non-hydrogen) atoms. The molecular weight excluding hydrogens is 552 g/mol. The molecule has 0 radical (unpaired) electrons. The average Bonchev–Trinajstić information content (AvgIpc) is 2.94. The lowest BCUT2D eigenvalue weighted by molar-refractivity contribution is -0.136. The number of piperidine rings is 1. The molecule has 1 aliphatic rings. The SMILES string of the molecule is CC.CC(C)(C)O.Cc1ccc(OCCNc2ccc(-c3cnc(C)c(CC(=O)O)c3N3CCC(C)(C)CC3)cn2)c(C)c1. The number of nitrogens with one attached hydrogen (secondary N) is 1. The number of aliphatic hydroxyl groups is 1. The smallest absolute Gasteiger partial charge is 0.307 e. The van der Waals surface area contributed by atoms with Crippen molar-refractivity contribution in [2.24, 2.45) is 5.41 Å². The van der Waals surface area contributed by atoms with E-state index in [1.165, 1.54) is 5.56 Å². The zero-order valence-electron chi connectivity index (χ0n) is 28.5. The van der Waals surface area contributed by atoms with Crippen molar-refractivity contribution in [1.82, 2.24) is 9.97 Å². The molecule has 0 spiro atoms. The molecule has 3 heterocycles. The van der Waals surface area contributed by atoms with E-state index in [0.717, 1.165) is 71.1 Å². The van der Waals surface area contributed by atoms with Crippen LogP contribution in [0.3, 0.4) is 0 Å². The monoisotopic (exact) mass is 606 g/mol. The molecule has 3 aromatic rings. The van der Waals surface area contributed by atoms with Gasteiger partial charge in [-0.1, -0.05) is 45.4 Å². The topological polar surface area (TPSA) is 108 Å². The predicted octanol–water partition coefficient (Wildman–Crippen LogP) is 7.62. The van der Waals surface area contributed by atoms with E-state index in [-0.39, 0.29) is 6.42 Å². The Morgan fingerprint density at radius 1 is 1.02 bits per heavy atom. The van der Waals surface area contributed by atoms with Gasteiger partial charge in [0.15, 0.2) is 0 Å². The minimum Gasteiger partial charge on any atom is -0.491 e. The van der Waals surface area contributed by atoms with Crippen LogP contribution in [0.25, 0.3) is 11.1 Å². The number of pyridine rings is 2. The predicted molar refractivity (Wildman–Crippen MR) is 182 cm³/mol. The molecule has 1 aromatic carbocycles. The fourth-order valence-corrected chi connectivity index (χ4v) is 4.86. The molecule has 3 N–H and O–H groups in total. The van der Waals surface area contributed by atoms with E-state index in [0.29, 0.717) is 18.6 Å². The van der Waals surface area contributed by atoms with Gasteiger partial charge in [0.2, 0.25) is 0 Å². The van der Waals surface area contributed by atoms with Crippen LogP contribution in [-0.2, 0) is 11.2 Å². The van der Waals surface area contributed by atoms with Crippen LogP contribution in [0.1, 0.15) is 83.7 Å². The van der Waals surface area contributed by atoms with Gasteiger partial charge in [-0.05, 0) is 83.6 Å². The van der Waals surface area contributed by atoms with Crippen molar-refractivity contribution in [3.05, 3.63) is 65.1 Å². The third-order valence-corrected chi connectivity index (χ3v) is 7.20. The fourth-order valence-electron chi connectivity index (χ4n) is 4.86. The van der Waals surface area contributed by atoms with Gasteiger partial charge in [-0.3, -0.25) is 9.78 Å². The Morgan fingerprint density at radius 3 is 2.20 bits per heavy atom. The molecule has 1 saturated heterocycles. The zero-order chi connectivity index (χ0) is 33.1. The van der Waals surface area contributed by atoms with Crippen LogP contribution in [0.5, 0.6) is 5.75 Å². The number of carbonyl (C=O) groups is 1. The Bertz CT molecular complexity index is 1330. The van der Waals surface area contributed by atoms with Crippen LogP contribution in [0.2, 0.25) is 0 Å². The fraction of sp³-hybridized carbons (Fsp3) is 0.528. The van der Waals surface area contributed by atoms with Crippen LogP contribution in [-0.4, -0.2) is 58.0 Å². The van der Waals surface area contributed by atoms with Gasteiger partial charge >= 0.3 is 5.97 Å². The molecule has 242 valence electrons. The maximum atomic E-state index is 11.7. The van der Waals surface area contributed by atoms with Gasteiger partial charge in [-0.25, -0.2) is 4.98 Å². The maximum absolute atomic E-state index is 11.7. The molecule has 0 aliphatic carbocycles. The molecular formula is C36H54N4O4. The van der Waals surface area contributed by atoms with E-state index in [4.69, 9.17) is 9.84 Å². The van der Waals surface area contributed by atoms with Crippen molar-refractivity contribution in [3.63, 3.8) is 0 Å². The normalized spacial score (nSPS) is 14.0. The zero-order valence-corrected chi connectivity index (χ0v) is 28.5. The van der Waals surface area contributed by atoms with E-state index in [9.17, 15) is 9.90 Å². The summed E-state index contributed by atoms with van der Waals surface area (Å²) in [6.07, 6.45) is 5.77. The Kier molecular flexibility index (Phi) is 13.6. The molecule has 0 atom stereocenters. The van der Waals surface area contributed by atoms with Gasteiger partial charge in [0.05, 0.1) is 24.3 Å². The molecule has 1 fully saturated rings. The van der Waals surface area contributed by atoms with Crippen LogP contribution in [0.15, 0.2) is 42.7 Å². The highest BCUT2D eigenvalue weighted by Gasteiger charge is 2.29. The van der Waals surface area contributed by atoms with E-state index in [2.05, 4.69) is 60.0 Å². The van der Waals surface area contributed by atoms with Crippen molar-refractivity contribution < 1.29 is 19.7 Å². The first-order valence-corrected chi connectivity index (χ1v) is 15.7. The standard InChI is InChI=1S/C30H38N4O3.C4H10O.C2H6/c1-20-6-8-26(21(2)16-20)37-15-12-31-27-9-7-23(18-33-27)25-19-32-22(3)24(17-28(35)36)29(25)34-13-10-30(4,5)11-14-34;1-4(2,3)5;1-2/h6-9,16,18-19H,10-15,17H2,1-5H3,(H,31,33)(H,35,36);5H,1-3H3;1-2H3. The average molecular weight is 607 g/mol. The second-order valence-corrected chi connectivity index (χ2v) is 13.0. The maximum Gasteiger partial charge on any atom is 0.307 e. The summed E-state index contributed by atoms with van der Waals surface area (Å²) in [5.41, 5.74) is 6.53. The largest absolute Gasteiger partial charge is 0.491 e. The number of rotatable bonds is 9. The third kappa shape index (κ3) is 11.8. The third-order valence-electron chi connectivity index (χ3n) is 7.20. The van der Waals surface area contributed by atoms with Gasteiger partial charge in [0, 0.05) is 47.9 Å². The van der Waals surface area contributed by atoms with Crippen LogP contribution < -0.4 is 15.0 Å². The molecule has 2 aromatic heterocycles. The number of carboxylic acids is 1. The van der Waals surface area contributed by atoms with Gasteiger partial charge in [-0.2, -0.15) is 0 Å². The summed E-state index contributed by atoms with van der Waals surface area (Å²) in [4.78, 5) is 23.2. The number of nitrogens with zero attached hydrogens (tertiary/aromatic N) is 3. The number of anilines is 2. The molecule has 0 bridgehead atoms. The Hall–Kier alpha value is -3.65. The number of aromatic nitrogens is 2. The molecule has 4 rings (SSSR count). The summed E-state index contributed by atoms with van der Waals surface area (Å²) in [5.74, 6) is 0.815. The quantitative estimate of drug-likeness (QED) is 0.214. The number of aliphatic carboxylic acids is 1. The second kappa shape index (κ2) is 16.4. The number of hydrogen-bond acceptors (Lipinski definition) is 7. The molecule has 8 nitrogen and oxygen atoms in total. The summed E-state index contributed by atoms with van der Waals surface area (Å²) in [6.45, 7) is 22.8. The van der Waals surface area contributed by atoms with E-state index in [1.54, 1.807) is 20.8 Å². The first kappa shape index (κ1) is 36.5. The lowest BCUT2D eigenvalue weighted by Gasteiger charge is -2.40. The molecule has 0 amide bonds. The summed E-state index contributed by atoms with van der Waals surface area (Å²) in [5, 5.41) is 21.5. The van der Waals surface area contributed by atoms with E-state index in [1.807, 2.05) is 51.4 Å². The molecule has 1 aliphatic heterocycles. The number of benzene rings is 1. The molecule has 0 unspecified atom stereocenters. The second-order valence-electron chi connectivity index (χ2n) is 13.0. The van der Waals surface area contributed by atoms with Gasteiger partial charge < -0.3 is 25.2 Å². The number of hydrogen-bond donors (Lipinski definition) is 3. The summed E-state index contributed by atoms with van der Waals surface area (Å²) < 4.78 is 5.91. The van der Waals surface area contributed by atoms with E-state index >= 15 is 0 Å². The first-order valence-electron chi connectivity index (χ1n) is 15.7.